The fraction of sp³-hybridized carbons (Fsp3) is 0.765. The van der Waals surface area contributed by atoms with Crippen molar-refractivity contribution in [1.29, 1.82) is 0 Å². The molecule has 4 rings (SSSR count). The average Bonchev–Trinajstić information content (AvgIpc) is 3.31. The summed E-state index contributed by atoms with van der Waals surface area (Å²) in [5.74, 6) is 2.15. The molecular weight excluding hydrogens is 260 g/mol. The van der Waals surface area contributed by atoms with Gasteiger partial charge in [0.1, 0.15) is 12.1 Å². The summed E-state index contributed by atoms with van der Waals surface area (Å²) in [4.78, 5) is 13.9. The fourth-order valence-electron chi connectivity index (χ4n) is 3.88. The van der Waals surface area contributed by atoms with Gasteiger partial charge in [-0.15, -0.1) is 0 Å². The molecule has 0 amide bonds. The first-order valence-electron chi connectivity index (χ1n) is 8.67. The second-order valence-corrected chi connectivity index (χ2v) is 7.03. The van der Waals surface area contributed by atoms with E-state index in [1.54, 1.807) is 6.33 Å². The Kier molecular flexibility index (Phi) is 3.80. The van der Waals surface area contributed by atoms with Crippen LogP contribution in [0.1, 0.15) is 44.9 Å². The molecule has 2 saturated carbocycles. The lowest BCUT2D eigenvalue weighted by atomic mass is 9.84. The minimum Gasteiger partial charge on any atom is -0.350 e. The topological polar surface area (TPSA) is 32.3 Å². The molecule has 3 fully saturated rings. The lowest BCUT2D eigenvalue weighted by Crippen LogP contribution is -2.47. The Labute approximate surface area is 127 Å². The SMILES string of the molecule is c1cc(N(C2CC2)C2CCN(CC3CCC3)CC2)ncn1. The van der Waals surface area contributed by atoms with E-state index in [0.29, 0.717) is 6.04 Å². The van der Waals surface area contributed by atoms with E-state index in [9.17, 15) is 0 Å². The largest absolute Gasteiger partial charge is 0.350 e. The number of aromatic nitrogens is 2. The van der Waals surface area contributed by atoms with Crippen molar-refractivity contribution in [3.05, 3.63) is 18.6 Å². The van der Waals surface area contributed by atoms with Crippen LogP contribution in [0.2, 0.25) is 0 Å². The molecular formula is C17H26N4. The van der Waals surface area contributed by atoms with Crippen molar-refractivity contribution >= 4 is 5.82 Å². The van der Waals surface area contributed by atoms with Gasteiger partial charge in [0.2, 0.25) is 0 Å². The van der Waals surface area contributed by atoms with Crippen LogP contribution in [0, 0.1) is 5.92 Å². The molecule has 0 atom stereocenters. The molecule has 0 bridgehead atoms. The molecule has 4 nitrogen and oxygen atoms in total. The summed E-state index contributed by atoms with van der Waals surface area (Å²) in [6.07, 6.45) is 13.2. The Morgan fingerprint density at radius 1 is 1.05 bits per heavy atom. The molecule has 0 aromatic carbocycles. The van der Waals surface area contributed by atoms with E-state index < -0.39 is 0 Å². The Hall–Kier alpha value is -1.16. The number of rotatable bonds is 5. The van der Waals surface area contributed by atoms with Crippen LogP contribution in [0.5, 0.6) is 0 Å². The normalized spacial score (nSPS) is 24.8. The van der Waals surface area contributed by atoms with Gasteiger partial charge in [0.15, 0.2) is 0 Å². The first-order chi connectivity index (χ1) is 10.4. The molecule has 0 radical (unpaired) electrons. The van der Waals surface area contributed by atoms with Crippen molar-refractivity contribution in [3.63, 3.8) is 0 Å². The van der Waals surface area contributed by atoms with E-state index in [2.05, 4.69) is 25.8 Å². The highest BCUT2D eigenvalue weighted by atomic mass is 15.3. The summed E-state index contributed by atoms with van der Waals surface area (Å²) >= 11 is 0. The third kappa shape index (κ3) is 3.05. The molecule has 4 heteroatoms. The maximum atomic E-state index is 4.51. The minimum absolute atomic E-state index is 0.685. The van der Waals surface area contributed by atoms with Gasteiger partial charge in [-0.1, -0.05) is 6.42 Å². The van der Waals surface area contributed by atoms with Gasteiger partial charge >= 0.3 is 0 Å². The number of hydrogen-bond acceptors (Lipinski definition) is 4. The molecule has 114 valence electrons. The van der Waals surface area contributed by atoms with Gasteiger partial charge in [-0.25, -0.2) is 9.97 Å². The van der Waals surface area contributed by atoms with Crippen molar-refractivity contribution in [2.45, 2.75) is 57.0 Å². The van der Waals surface area contributed by atoms with Crippen LogP contribution >= 0.6 is 0 Å². The quantitative estimate of drug-likeness (QED) is 0.833. The highest BCUT2D eigenvalue weighted by Gasteiger charge is 2.36. The van der Waals surface area contributed by atoms with Crippen LogP contribution in [0.4, 0.5) is 5.82 Å². The highest BCUT2D eigenvalue weighted by molar-refractivity contribution is 5.41. The summed E-state index contributed by atoms with van der Waals surface area (Å²) in [7, 11) is 0. The zero-order valence-electron chi connectivity index (χ0n) is 12.8. The maximum absolute atomic E-state index is 4.51. The monoisotopic (exact) mass is 286 g/mol. The van der Waals surface area contributed by atoms with Crippen molar-refractivity contribution in [2.24, 2.45) is 5.92 Å². The Morgan fingerprint density at radius 2 is 1.81 bits per heavy atom. The summed E-state index contributed by atoms with van der Waals surface area (Å²) < 4.78 is 0. The average molecular weight is 286 g/mol. The van der Waals surface area contributed by atoms with Gasteiger partial charge in [0.25, 0.3) is 0 Å². The van der Waals surface area contributed by atoms with Crippen LogP contribution in [-0.4, -0.2) is 46.6 Å². The first-order valence-corrected chi connectivity index (χ1v) is 8.67. The predicted molar refractivity (Wildman–Crippen MR) is 84.3 cm³/mol. The van der Waals surface area contributed by atoms with E-state index in [-0.39, 0.29) is 0 Å². The van der Waals surface area contributed by atoms with Gasteiger partial charge in [0, 0.05) is 37.9 Å². The molecule has 0 unspecified atom stereocenters. The molecule has 21 heavy (non-hydrogen) atoms. The predicted octanol–water partition coefficient (Wildman–Crippen LogP) is 2.71. The van der Waals surface area contributed by atoms with Crippen LogP contribution in [0.25, 0.3) is 0 Å². The van der Waals surface area contributed by atoms with Gasteiger partial charge in [-0.2, -0.15) is 0 Å². The van der Waals surface area contributed by atoms with Crippen molar-refractivity contribution < 1.29 is 0 Å². The Balaban J connectivity index is 1.37. The van der Waals surface area contributed by atoms with Gasteiger partial charge in [-0.3, -0.25) is 0 Å². The summed E-state index contributed by atoms with van der Waals surface area (Å²) in [6.45, 7) is 3.90. The lowest BCUT2D eigenvalue weighted by Gasteiger charge is -2.41. The fourth-order valence-corrected chi connectivity index (χ4v) is 3.88. The van der Waals surface area contributed by atoms with Gasteiger partial charge in [0.05, 0.1) is 0 Å². The Morgan fingerprint density at radius 3 is 2.38 bits per heavy atom. The molecule has 2 heterocycles. The highest BCUT2D eigenvalue weighted by Crippen LogP contribution is 2.35. The van der Waals surface area contributed by atoms with E-state index in [4.69, 9.17) is 0 Å². The molecule has 1 saturated heterocycles. The van der Waals surface area contributed by atoms with Crippen molar-refractivity contribution in [1.82, 2.24) is 14.9 Å². The molecule has 3 aliphatic rings. The van der Waals surface area contributed by atoms with Crippen LogP contribution in [0.15, 0.2) is 18.6 Å². The van der Waals surface area contributed by atoms with Gasteiger partial charge < -0.3 is 9.80 Å². The molecule has 0 spiro atoms. The van der Waals surface area contributed by atoms with E-state index >= 15 is 0 Å². The lowest BCUT2D eigenvalue weighted by molar-refractivity contribution is 0.145. The number of hydrogen-bond donors (Lipinski definition) is 0. The summed E-state index contributed by atoms with van der Waals surface area (Å²) in [5.41, 5.74) is 0. The van der Waals surface area contributed by atoms with Crippen LogP contribution in [-0.2, 0) is 0 Å². The number of piperidine rings is 1. The van der Waals surface area contributed by atoms with Crippen molar-refractivity contribution in [3.8, 4) is 0 Å². The zero-order chi connectivity index (χ0) is 14.1. The smallest absolute Gasteiger partial charge is 0.132 e. The molecule has 1 aromatic rings. The number of nitrogens with zero attached hydrogens (tertiary/aromatic N) is 4. The van der Waals surface area contributed by atoms with E-state index in [1.165, 1.54) is 64.6 Å². The molecule has 0 N–H and O–H groups in total. The van der Waals surface area contributed by atoms with Crippen LogP contribution < -0.4 is 4.90 Å². The molecule has 1 aromatic heterocycles. The molecule has 2 aliphatic carbocycles. The second-order valence-electron chi connectivity index (χ2n) is 7.03. The third-order valence-electron chi connectivity index (χ3n) is 5.46. The number of likely N-dealkylation sites (tertiary alicyclic amines) is 1. The third-order valence-corrected chi connectivity index (χ3v) is 5.46. The number of anilines is 1. The standard InChI is InChI=1S/C17H26N4/c1-2-14(3-1)12-20-10-7-16(8-11-20)21(15-4-5-15)17-6-9-18-13-19-17/h6,9,13-16H,1-5,7-8,10-12H2. The summed E-state index contributed by atoms with van der Waals surface area (Å²) in [6, 6.07) is 3.51. The first kappa shape index (κ1) is 13.5. The van der Waals surface area contributed by atoms with Gasteiger partial charge in [-0.05, 0) is 50.5 Å². The van der Waals surface area contributed by atoms with Crippen molar-refractivity contribution in [2.75, 3.05) is 24.5 Å². The van der Waals surface area contributed by atoms with Crippen LogP contribution in [0.3, 0.4) is 0 Å². The summed E-state index contributed by atoms with van der Waals surface area (Å²) in [5, 5.41) is 0. The van der Waals surface area contributed by atoms with E-state index in [1.807, 2.05) is 6.20 Å². The maximum Gasteiger partial charge on any atom is 0.132 e. The zero-order valence-corrected chi connectivity index (χ0v) is 12.8. The molecule has 1 aliphatic heterocycles. The van der Waals surface area contributed by atoms with E-state index in [0.717, 1.165) is 17.8 Å². The second kappa shape index (κ2) is 5.91. The minimum atomic E-state index is 0.685. The Bertz CT molecular complexity index is 447.